The normalized spacial score (nSPS) is 20.6. The summed E-state index contributed by atoms with van der Waals surface area (Å²) in [6.07, 6.45) is -1.13. The van der Waals surface area contributed by atoms with Gasteiger partial charge in [0.15, 0.2) is 0 Å². The molecule has 1 saturated heterocycles. The van der Waals surface area contributed by atoms with Crippen LogP contribution in [0.15, 0.2) is 18.2 Å². The second-order valence-corrected chi connectivity index (χ2v) is 5.13. The lowest BCUT2D eigenvalue weighted by Gasteiger charge is -2.34. The molecule has 2 nitrogen and oxygen atoms in total. The molecule has 0 bridgehead atoms. The number of nitrogens with two attached hydrogens (primary N) is 1. The fraction of sp³-hybridized carbons (Fsp3) is 0.571. The lowest BCUT2D eigenvalue weighted by Crippen LogP contribution is -2.35. The maximum atomic E-state index is 12.8. The third-order valence-electron chi connectivity index (χ3n) is 3.80. The molecule has 1 aromatic carbocycles. The molecule has 5 heteroatoms. The summed E-state index contributed by atoms with van der Waals surface area (Å²) in [6, 6.07) is 4.21. The number of hydrogen-bond acceptors (Lipinski definition) is 2. The van der Waals surface area contributed by atoms with Crippen LogP contribution in [0.2, 0.25) is 0 Å². The summed E-state index contributed by atoms with van der Waals surface area (Å²) in [6.45, 7) is 3.77. The van der Waals surface area contributed by atoms with Gasteiger partial charge in [0.25, 0.3) is 0 Å². The van der Waals surface area contributed by atoms with Crippen molar-refractivity contribution in [3.05, 3.63) is 23.8 Å². The molecular weight excluding hydrogens is 253 g/mol. The molecule has 1 heterocycles. The van der Waals surface area contributed by atoms with E-state index < -0.39 is 11.7 Å². The van der Waals surface area contributed by atoms with Crippen LogP contribution in [0.25, 0.3) is 0 Å². The largest absolute Gasteiger partial charge is 0.418 e. The van der Waals surface area contributed by atoms with Gasteiger partial charge in [0.1, 0.15) is 0 Å². The molecule has 106 valence electrons. The summed E-state index contributed by atoms with van der Waals surface area (Å²) in [5.41, 5.74) is 5.10. The lowest BCUT2D eigenvalue weighted by molar-refractivity contribution is -0.136. The number of nitrogen functional groups attached to an aromatic ring is 1. The van der Waals surface area contributed by atoms with E-state index in [-0.39, 0.29) is 5.69 Å². The molecule has 0 amide bonds. The summed E-state index contributed by atoms with van der Waals surface area (Å²) in [7, 11) is 0. The van der Waals surface area contributed by atoms with Crippen LogP contribution >= 0.6 is 0 Å². The molecule has 1 fully saturated rings. The maximum absolute atomic E-state index is 12.8. The van der Waals surface area contributed by atoms with Gasteiger partial charge in [-0.05, 0) is 37.0 Å². The van der Waals surface area contributed by atoms with E-state index in [2.05, 4.69) is 6.92 Å². The predicted molar refractivity (Wildman–Crippen MR) is 71.1 cm³/mol. The van der Waals surface area contributed by atoms with E-state index in [0.717, 1.165) is 32.4 Å². The third-order valence-corrected chi connectivity index (χ3v) is 3.80. The van der Waals surface area contributed by atoms with Crippen LogP contribution in [0.1, 0.15) is 31.7 Å². The fourth-order valence-corrected chi connectivity index (χ4v) is 2.62. The zero-order valence-corrected chi connectivity index (χ0v) is 11.0. The second kappa shape index (κ2) is 5.31. The standard InChI is InChI=1S/C14H19F3N2/c1-2-10-4-3-7-19(9-10)11-5-6-13(18)12(8-11)14(15,16)17/h5-6,8,10H,2-4,7,9,18H2,1H3. The van der Waals surface area contributed by atoms with Gasteiger partial charge in [0.05, 0.1) is 5.56 Å². The van der Waals surface area contributed by atoms with Gasteiger partial charge in [0, 0.05) is 24.5 Å². The Morgan fingerprint density at radius 1 is 1.37 bits per heavy atom. The van der Waals surface area contributed by atoms with Gasteiger partial charge < -0.3 is 10.6 Å². The number of alkyl halides is 3. The van der Waals surface area contributed by atoms with Gasteiger partial charge in [-0.1, -0.05) is 13.3 Å². The molecule has 0 saturated carbocycles. The molecule has 1 aliphatic rings. The molecule has 2 rings (SSSR count). The van der Waals surface area contributed by atoms with Crippen molar-refractivity contribution in [1.29, 1.82) is 0 Å². The Kier molecular flexibility index (Phi) is 3.92. The van der Waals surface area contributed by atoms with Crippen molar-refractivity contribution in [2.24, 2.45) is 5.92 Å². The van der Waals surface area contributed by atoms with Gasteiger partial charge in [-0.2, -0.15) is 13.2 Å². The van der Waals surface area contributed by atoms with Crippen molar-refractivity contribution in [3.8, 4) is 0 Å². The average Bonchev–Trinajstić information content (AvgIpc) is 2.38. The van der Waals surface area contributed by atoms with Crippen molar-refractivity contribution in [2.45, 2.75) is 32.4 Å². The summed E-state index contributed by atoms with van der Waals surface area (Å²) < 4.78 is 38.5. The van der Waals surface area contributed by atoms with E-state index in [1.54, 1.807) is 6.07 Å². The average molecular weight is 272 g/mol. The first-order chi connectivity index (χ1) is 8.91. The van der Waals surface area contributed by atoms with Gasteiger partial charge in [0.2, 0.25) is 0 Å². The number of rotatable bonds is 2. The minimum atomic E-state index is -4.39. The van der Waals surface area contributed by atoms with Crippen molar-refractivity contribution in [1.82, 2.24) is 0 Å². The molecule has 1 unspecified atom stereocenters. The smallest absolute Gasteiger partial charge is 0.398 e. The Balaban J connectivity index is 2.25. The lowest BCUT2D eigenvalue weighted by atomic mass is 9.95. The zero-order chi connectivity index (χ0) is 14.0. The quantitative estimate of drug-likeness (QED) is 0.827. The topological polar surface area (TPSA) is 29.3 Å². The monoisotopic (exact) mass is 272 g/mol. The number of nitrogens with zero attached hydrogens (tertiary/aromatic N) is 1. The van der Waals surface area contributed by atoms with Crippen LogP contribution in [0.4, 0.5) is 24.5 Å². The molecule has 1 aliphatic heterocycles. The highest BCUT2D eigenvalue weighted by Gasteiger charge is 2.33. The highest BCUT2D eigenvalue weighted by molar-refractivity contribution is 5.59. The molecule has 0 aromatic heterocycles. The Morgan fingerprint density at radius 2 is 2.11 bits per heavy atom. The molecular formula is C14H19F3N2. The Bertz CT molecular complexity index is 443. The molecule has 0 aliphatic carbocycles. The Labute approximate surface area is 111 Å². The van der Waals surface area contributed by atoms with Gasteiger partial charge >= 0.3 is 6.18 Å². The van der Waals surface area contributed by atoms with Gasteiger partial charge in [-0.25, -0.2) is 0 Å². The van der Waals surface area contributed by atoms with E-state index >= 15 is 0 Å². The highest BCUT2D eigenvalue weighted by atomic mass is 19.4. The van der Waals surface area contributed by atoms with Crippen molar-refractivity contribution in [2.75, 3.05) is 23.7 Å². The zero-order valence-electron chi connectivity index (χ0n) is 11.0. The first kappa shape index (κ1) is 14.0. The third kappa shape index (κ3) is 3.14. The second-order valence-electron chi connectivity index (χ2n) is 5.13. The van der Waals surface area contributed by atoms with Crippen LogP contribution < -0.4 is 10.6 Å². The summed E-state index contributed by atoms with van der Waals surface area (Å²) >= 11 is 0. The number of benzene rings is 1. The highest BCUT2D eigenvalue weighted by Crippen LogP contribution is 2.36. The number of piperidine rings is 1. The molecule has 19 heavy (non-hydrogen) atoms. The van der Waals surface area contributed by atoms with E-state index in [0.29, 0.717) is 11.6 Å². The predicted octanol–water partition coefficient (Wildman–Crippen LogP) is 3.91. The Hall–Kier alpha value is -1.39. The van der Waals surface area contributed by atoms with Gasteiger partial charge in [-0.15, -0.1) is 0 Å². The van der Waals surface area contributed by atoms with Crippen LogP contribution in [-0.4, -0.2) is 13.1 Å². The van der Waals surface area contributed by atoms with Crippen LogP contribution in [0.5, 0.6) is 0 Å². The molecule has 1 atom stereocenters. The first-order valence-electron chi connectivity index (χ1n) is 6.63. The molecule has 2 N–H and O–H groups in total. The summed E-state index contributed by atoms with van der Waals surface area (Å²) in [5, 5.41) is 0. The van der Waals surface area contributed by atoms with E-state index in [1.165, 1.54) is 12.1 Å². The van der Waals surface area contributed by atoms with Crippen LogP contribution in [0, 0.1) is 5.92 Å². The number of hydrogen-bond donors (Lipinski definition) is 1. The number of halogens is 3. The number of anilines is 2. The van der Waals surface area contributed by atoms with E-state index in [9.17, 15) is 13.2 Å². The van der Waals surface area contributed by atoms with E-state index in [1.807, 2.05) is 4.90 Å². The molecule has 0 spiro atoms. The van der Waals surface area contributed by atoms with Crippen LogP contribution in [-0.2, 0) is 6.18 Å². The fourth-order valence-electron chi connectivity index (χ4n) is 2.62. The minimum Gasteiger partial charge on any atom is -0.398 e. The summed E-state index contributed by atoms with van der Waals surface area (Å²) in [4.78, 5) is 2.03. The van der Waals surface area contributed by atoms with Crippen molar-refractivity contribution >= 4 is 11.4 Å². The van der Waals surface area contributed by atoms with Crippen molar-refractivity contribution in [3.63, 3.8) is 0 Å². The molecule has 0 radical (unpaired) electrons. The van der Waals surface area contributed by atoms with E-state index in [4.69, 9.17) is 5.73 Å². The minimum absolute atomic E-state index is 0.208. The molecule has 1 aromatic rings. The Morgan fingerprint density at radius 3 is 2.74 bits per heavy atom. The van der Waals surface area contributed by atoms with Crippen LogP contribution in [0.3, 0.4) is 0 Å². The van der Waals surface area contributed by atoms with Gasteiger partial charge in [-0.3, -0.25) is 0 Å². The maximum Gasteiger partial charge on any atom is 0.418 e. The first-order valence-corrected chi connectivity index (χ1v) is 6.63. The summed E-state index contributed by atoms with van der Waals surface area (Å²) in [5.74, 6) is 0.570. The van der Waals surface area contributed by atoms with Crippen molar-refractivity contribution < 1.29 is 13.2 Å². The SMILES string of the molecule is CCC1CCCN(c2ccc(N)c(C(F)(F)F)c2)C1.